The third kappa shape index (κ3) is 6.56. The smallest absolute Gasteiger partial charge is 0.330 e. The zero-order valence-electron chi connectivity index (χ0n) is 4.06. The van der Waals surface area contributed by atoms with Gasteiger partial charge in [0.05, 0.1) is 0 Å². The molecule has 0 atom stereocenters. The molecule has 0 bridgehead atoms. The van der Waals surface area contributed by atoms with Crippen molar-refractivity contribution in [2.45, 2.75) is 6.92 Å². The topological polar surface area (TPSA) is 37.3 Å². The molecule has 0 aliphatic heterocycles. The Kier molecular flexibility index (Phi) is 7.09. The van der Waals surface area contributed by atoms with E-state index in [0.29, 0.717) is 0 Å². The van der Waals surface area contributed by atoms with Crippen molar-refractivity contribution in [3.05, 3.63) is 12.2 Å². The molecule has 0 amide bonds. The molecule has 0 unspecified atom stereocenters. The number of rotatable bonds is 1. The second-order valence-corrected chi connectivity index (χ2v) is 1.09. The summed E-state index contributed by atoms with van der Waals surface area (Å²) in [6.07, 6.45) is 0. The van der Waals surface area contributed by atoms with Crippen LogP contribution in [0, 0.1) is 40.8 Å². The minimum atomic E-state index is -0.935. The number of carboxylic acids is 1. The Morgan fingerprint density at radius 1 is 1.71 bits per heavy atom. The van der Waals surface area contributed by atoms with Crippen LogP contribution in [-0.2, 0) is 4.79 Å². The van der Waals surface area contributed by atoms with Gasteiger partial charge in [-0.25, -0.2) is 4.79 Å². The van der Waals surface area contributed by atoms with Crippen molar-refractivity contribution >= 4 is 5.97 Å². The van der Waals surface area contributed by atoms with Crippen molar-refractivity contribution in [2.75, 3.05) is 0 Å². The minimum Gasteiger partial charge on any atom is -0.478 e. The predicted molar refractivity (Wildman–Crippen MR) is 22.4 cm³/mol. The first kappa shape index (κ1) is 10.5. The Hall–Kier alpha value is 0.561. The second-order valence-electron chi connectivity index (χ2n) is 1.09. The van der Waals surface area contributed by atoms with Crippen LogP contribution in [-0.4, -0.2) is 11.1 Å². The van der Waals surface area contributed by atoms with E-state index in [1.165, 1.54) is 6.92 Å². The molecule has 0 saturated carbocycles. The van der Waals surface area contributed by atoms with E-state index < -0.39 is 5.97 Å². The van der Waals surface area contributed by atoms with E-state index >= 15 is 0 Å². The first-order chi connectivity index (χ1) is 2.64. The molecule has 0 rings (SSSR count). The molecule has 0 aromatic carbocycles. The monoisotopic (exact) mass is 228 g/mol. The van der Waals surface area contributed by atoms with E-state index in [2.05, 4.69) is 6.58 Å². The van der Waals surface area contributed by atoms with Gasteiger partial charge < -0.3 is 5.11 Å². The van der Waals surface area contributed by atoms with E-state index in [1.54, 1.807) is 0 Å². The summed E-state index contributed by atoms with van der Waals surface area (Å²) < 4.78 is 0. The Morgan fingerprint density at radius 3 is 1.86 bits per heavy atom. The SMILES string of the molecule is C=C(C)C(=O)O.[Nd]. The fourth-order valence-corrected chi connectivity index (χ4v) is 0. The maximum absolute atomic E-state index is 9.60. The van der Waals surface area contributed by atoms with Gasteiger partial charge in [-0.1, -0.05) is 6.58 Å². The van der Waals surface area contributed by atoms with Gasteiger partial charge in [-0.05, 0) is 6.92 Å². The predicted octanol–water partition coefficient (Wildman–Crippen LogP) is 0.647. The maximum Gasteiger partial charge on any atom is 0.330 e. The summed E-state index contributed by atoms with van der Waals surface area (Å²) in [4.78, 5) is 9.60. The number of carboxylic acid groups (broad SMARTS) is 1. The van der Waals surface area contributed by atoms with Crippen LogP contribution in [0.4, 0.5) is 0 Å². The average molecular weight is 230 g/mol. The molecular weight excluding hydrogens is 224 g/mol. The fraction of sp³-hybridized carbons (Fsp3) is 0.250. The molecule has 7 heavy (non-hydrogen) atoms. The molecule has 3 heteroatoms. The van der Waals surface area contributed by atoms with Crippen LogP contribution in [0.1, 0.15) is 6.92 Å². The third-order valence-corrected chi connectivity index (χ3v) is 0.365. The van der Waals surface area contributed by atoms with Gasteiger partial charge in [0.1, 0.15) is 0 Å². The van der Waals surface area contributed by atoms with Gasteiger partial charge in [-0.15, -0.1) is 0 Å². The molecule has 0 aromatic heterocycles. The number of hydrogen-bond acceptors (Lipinski definition) is 1. The van der Waals surface area contributed by atoms with Crippen molar-refractivity contribution in [1.82, 2.24) is 0 Å². The number of carbonyl (C=O) groups is 1. The van der Waals surface area contributed by atoms with Crippen LogP contribution >= 0.6 is 0 Å². The van der Waals surface area contributed by atoms with Crippen LogP contribution in [0.25, 0.3) is 0 Å². The average Bonchev–Trinajstić information content (AvgIpc) is 1.36. The minimum absolute atomic E-state index is 0. The molecule has 0 saturated heterocycles. The summed E-state index contributed by atoms with van der Waals surface area (Å²) in [5, 5.41) is 7.89. The summed E-state index contributed by atoms with van der Waals surface area (Å²) in [7, 11) is 0. The molecule has 1 N–H and O–H groups in total. The zero-order chi connectivity index (χ0) is 5.15. The molecule has 0 radical (unpaired) electrons. The molecular formula is C4H6NdO2. The van der Waals surface area contributed by atoms with Gasteiger partial charge in [-0.3, -0.25) is 0 Å². The van der Waals surface area contributed by atoms with Gasteiger partial charge in [0, 0.05) is 46.4 Å². The molecule has 0 aliphatic rings. The van der Waals surface area contributed by atoms with Crippen molar-refractivity contribution in [1.29, 1.82) is 0 Å². The summed E-state index contributed by atoms with van der Waals surface area (Å²) in [6.45, 7) is 4.60. The first-order valence-electron chi connectivity index (χ1n) is 1.53. The second kappa shape index (κ2) is 4.71. The molecule has 0 spiro atoms. The van der Waals surface area contributed by atoms with Gasteiger partial charge in [0.15, 0.2) is 0 Å². The van der Waals surface area contributed by atoms with E-state index in [-0.39, 0.29) is 46.4 Å². The number of aliphatic carboxylic acids is 1. The molecule has 0 aromatic rings. The summed E-state index contributed by atoms with van der Waals surface area (Å²) in [5.41, 5.74) is 0.176. The summed E-state index contributed by atoms with van der Waals surface area (Å²) in [6, 6.07) is 0. The number of hydrogen-bond donors (Lipinski definition) is 1. The fourth-order valence-electron chi connectivity index (χ4n) is 0. The van der Waals surface area contributed by atoms with Crippen LogP contribution in [0.2, 0.25) is 0 Å². The largest absolute Gasteiger partial charge is 0.478 e. The zero-order valence-corrected chi connectivity index (χ0v) is 7.27. The Bertz CT molecular complexity index is 75.7. The van der Waals surface area contributed by atoms with Gasteiger partial charge in [0.2, 0.25) is 0 Å². The van der Waals surface area contributed by atoms with Crippen molar-refractivity contribution in [3.63, 3.8) is 0 Å². The van der Waals surface area contributed by atoms with Crippen molar-refractivity contribution in [3.8, 4) is 0 Å². The Labute approximate surface area is 75.1 Å². The molecule has 0 aliphatic carbocycles. The quantitative estimate of drug-likeness (QED) is 0.672. The summed E-state index contributed by atoms with van der Waals surface area (Å²) >= 11 is 0. The molecule has 38 valence electrons. The maximum atomic E-state index is 9.60. The normalized spacial score (nSPS) is 6.43. The van der Waals surface area contributed by atoms with Gasteiger partial charge >= 0.3 is 5.97 Å². The van der Waals surface area contributed by atoms with Crippen molar-refractivity contribution in [2.24, 2.45) is 0 Å². The van der Waals surface area contributed by atoms with Crippen molar-refractivity contribution < 1.29 is 50.7 Å². The Morgan fingerprint density at radius 2 is 1.86 bits per heavy atom. The molecule has 2 nitrogen and oxygen atoms in total. The van der Waals surface area contributed by atoms with Crippen LogP contribution in [0.5, 0.6) is 0 Å². The first-order valence-corrected chi connectivity index (χ1v) is 1.53. The standard InChI is InChI=1S/C4H6O2.Nd/c1-3(2)4(5)6;/h1H2,2H3,(H,5,6);. The van der Waals surface area contributed by atoms with E-state index in [9.17, 15) is 4.79 Å². The molecule has 0 fully saturated rings. The third-order valence-electron chi connectivity index (χ3n) is 0.365. The van der Waals surface area contributed by atoms with E-state index in [4.69, 9.17) is 5.11 Å². The van der Waals surface area contributed by atoms with E-state index in [1.807, 2.05) is 0 Å². The summed E-state index contributed by atoms with van der Waals surface area (Å²) in [5.74, 6) is -0.935. The van der Waals surface area contributed by atoms with E-state index in [0.717, 1.165) is 0 Å². The van der Waals surface area contributed by atoms with Crippen LogP contribution in [0.15, 0.2) is 12.2 Å². The van der Waals surface area contributed by atoms with Crippen LogP contribution < -0.4 is 0 Å². The van der Waals surface area contributed by atoms with Gasteiger partial charge in [0.25, 0.3) is 0 Å². The van der Waals surface area contributed by atoms with Gasteiger partial charge in [-0.2, -0.15) is 0 Å². The van der Waals surface area contributed by atoms with Crippen LogP contribution in [0.3, 0.4) is 0 Å². The Balaban J connectivity index is 0. The molecule has 0 heterocycles.